The van der Waals surface area contributed by atoms with Crippen molar-refractivity contribution in [3.05, 3.63) is 60.7 Å². The molecule has 1 aliphatic heterocycles. The molecule has 6 heteroatoms. The van der Waals surface area contributed by atoms with Crippen LogP contribution in [0.1, 0.15) is 20.8 Å². The number of allylic oxidation sites excluding steroid dienone is 1. The van der Waals surface area contributed by atoms with E-state index < -0.39 is 23.6 Å². The van der Waals surface area contributed by atoms with E-state index in [0.717, 1.165) is 0 Å². The number of rotatable bonds is 4. The van der Waals surface area contributed by atoms with Gasteiger partial charge in [0, 0.05) is 11.6 Å². The van der Waals surface area contributed by atoms with Gasteiger partial charge in [-0.25, -0.2) is 9.18 Å². The molecule has 0 saturated carbocycles. The van der Waals surface area contributed by atoms with Gasteiger partial charge in [-0.05, 0) is 39.0 Å². The van der Waals surface area contributed by atoms with Crippen LogP contribution >= 0.6 is 0 Å². The van der Waals surface area contributed by atoms with Crippen LogP contribution in [0.4, 0.5) is 9.18 Å². The van der Waals surface area contributed by atoms with Gasteiger partial charge in [-0.1, -0.05) is 19.2 Å². The maximum atomic E-state index is 13.5. The van der Waals surface area contributed by atoms with Crippen molar-refractivity contribution in [2.45, 2.75) is 32.5 Å². The van der Waals surface area contributed by atoms with E-state index in [0.29, 0.717) is 17.1 Å². The van der Waals surface area contributed by atoms with E-state index in [1.807, 2.05) is 0 Å². The number of benzene rings is 1. The summed E-state index contributed by atoms with van der Waals surface area (Å²) in [5, 5.41) is 2.66. The summed E-state index contributed by atoms with van der Waals surface area (Å²) in [6.45, 7) is 12.9. The SMILES string of the molecule is C=CC1=C(C=C)C(CNC(=O)OC(C)(C)C)Oc2ccc(F)cc2O1. The second kappa shape index (κ2) is 7.42. The van der Waals surface area contributed by atoms with Crippen molar-refractivity contribution in [2.75, 3.05) is 6.54 Å². The number of fused-ring (bicyclic) bond motifs is 1. The predicted molar refractivity (Wildman–Crippen MR) is 93.1 cm³/mol. The van der Waals surface area contributed by atoms with E-state index in [1.165, 1.54) is 24.3 Å². The maximum Gasteiger partial charge on any atom is 0.407 e. The Hall–Kier alpha value is -2.76. The highest BCUT2D eigenvalue weighted by atomic mass is 19.1. The lowest BCUT2D eigenvalue weighted by Gasteiger charge is -2.22. The van der Waals surface area contributed by atoms with E-state index in [2.05, 4.69) is 18.5 Å². The summed E-state index contributed by atoms with van der Waals surface area (Å²) in [6.07, 6.45) is 1.88. The van der Waals surface area contributed by atoms with Gasteiger partial charge < -0.3 is 19.5 Å². The first-order valence-corrected chi connectivity index (χ1v) is 7.83. The topological polar surface area (TPSA) is 56.8 Å². The number of hydrogen-bond donors (Lipinski definition) is 1. The van der Waals surface area contributed by atoms with Gasteiger partial charge in [0.05, 0.1) is 6.54 Å². The zero-order valence-electron chi connectivity index (χ0n) is 14.6. The van der Waals surface area contributed by atoms with Gasteiger partial charge in [0.25, 0.3) is 0 Å². The number of carbonyl (C=O) groups excluding carboxylic acids is 1. The Bertz CT molecular complexity index is 719. The van der Waals surface area contributed by atoms with Crippen molar-refractivity contribution in [2.24, 2.45) is 0 Å². The molecule has 134 valence electrons. The van der Waals surface area contributed by atoms with Crippen LogP contribution in [0.3, 0.4) is 0 Å². The summed E-state index contributed by atoms with van der Waals surface area (Å²) in [7, 11) is 0. The molecule has 25 heavy (non-hydrogen) atoms. The van der Waals surface area contributed by atoms with Crippen LogP contribution in [0, 0.1) is 5.82 Å². The molecule has 0 fully saturated rings. The molecule has 1 N–H and O–H groups in total. The molecule has 1 unspecified atom stereocenters. The summed E-state index contributed by atoms with van der Waals surface area (Å²) in [5.41, 5.74) is -0.0203. The molecule has 1 amide bonds. The molecule has 1 aromatic rings. The Morgan fingerprint density at radius 3 is 2.64 bits per heavy atom. The monoisotopic (exact) mass is 347 g/mol. The van der Waals surface area contributed by atoms with E-state index >= 15 is 0 Å². The van der Waals surface area contributed by atoms with Crippen molar-refractivity contribution in [3.63, 3.8) is 0 Å². The van der Waals surface area contributed by atoms with Crippen LogP contribution in [0.5, 0.6) is 11.5 Å². The standard InChI is InChI=1S/C19H22FNO4/c1-6-13-14(7-2)23-16-10-12(20)8-9-15(16)24-17(13)11-21-18(22)25-19(3,4)5/h6-10,17H,1-2,11H2,3-5H3,(H,21,22). The van der Waals surface area contributed by atoms with Gasteiger partial charge in [-0.3, -0.25) is 0 Å². The molecule has 0 spiro atoms. The maximum absolute atomic E-state index is 13.5. The zero-order chi connectivity index (χ0) is 18.6. The smallest absolute Gasteiger partial charge is 0.407 e. The lowest BCUT2D eigenvalue weighted by atomic mass is 10.1. The molecule has 0 aromatic heterocycles. The zero-order valence-corrected chi connectivity index (χ0v) is 14.6. The van der Waals surface area contributed by atoms with Crippen LogP contribution < -0.4 is 14.8 Å². The Labute approximate surface area is 146 Å². The van der Waals surface area contributed by atoms with E-state index in [9.17, 15) is 9.18 Å². The molecule has 0 saturated heterocycles. The van der Waals surface area contributed by atoms with Crippen molar-refractivity contribution in [3.8, 4) is 11.5 Å². The van der Waals surface area contributed by atoms with Gasteiger partial charge in [0.1, 0.15) is 23.3 Å². The number of amides is 1. The quantitative estimate of drug-likeness (QED) is 0.890. The normalized spacial score (nSPS) is 16.7. The fourth-order valence-corrected chi connectivity index (χ4v) is 2.25. The molecule has 2 rings (SSSR count). The third-order valence-electron chi connectivity index (χ3n) is 3.26. The molecular weight excluding hydrogens is 325 g/mol. The number of hydrogen-bond acceptors (Lipinski definition) is 4. The van der Waals surface area contributed by atoms with Gasteiger partial charge in [-0.15, -0.1) is 0 Å². The van der Waals surface area contributed by atoms with Crippen molar-refractivity contribution >= 4 is 6.09 Å². The fraction of sp³-hybridized carbons (Fsp3) is 0.316. The highest BCUT2D eigenvalue weighted by molar-refractivity contribution is 5.67. The molecule has 5 nitrogen and oxygen atoms in total. The first kappa shape index (κ1) is 18.6. The summed E-state index contributed by atoms with van der Waals surface area (Å²) in [4.78, 5) is 11.9. The molecule has 1 aliphatic rings. The number of halogens is 1. The largest absolute Gasteiger partial charge is 0.480 e. The minimum absolute atomic E-state index is 0.119. The lowest BCUT2D eigenvalue weighted by molar-refractivity contribution is 0.0509. The van der Waals surface area contributed by atoms with Gasteiger partial charge in [0.15, 0.2) is 11.5 Å². The minimum Gasteiger partial charge on any atom is -0.480 e. The molecule has 0 aliphatic carbocycles. The van der Waals surface area contributed by atoms with Crippen LogP contribution in [-0.4, -0.2) is 24.3 Å². The number of alkyl carbamates (subject to hydrolysis) is 1. The van der Waals surface area contributed by atoms with Crippen molar-refractivity contribution in [1.82, 2.24) is 5.32 Å². The predicted octanol–water partition coefficient (Wildman–Crippen LogP) is 4.12. The van der Waals surface area contributed by atoms with Crippen LogP contribution in [0.25, 0.3) is 0 Å². The second-order valence-corrected chi connectivity index (χ2v) is 6.41. The Kier molecular flexibility index (Phi) is 5.51. The molecule has 1 heterocycles. The minimum atomic E-state index is -0.606. The highest BCUT2D eigenvalue weighted by Crippen LogP contribution is 2.35. The van der Waals surface area contributed by atoms with Gasteiger partial charge in [-0.2, -0.15) is 0 Å². The summed E-state index contributed by atoms with van der Waals surface area (Å²) < 4.78 is 30.3. The van der Waals surface area contributed by atoms with Crippen LogP contribution in [-0.2, 0) is 4.74 Å². The summed E-state index contributed by atoms with van der Waals surface area (Å²) in [5.74, 6) is 0.522. The number of nitrogens with one attached hydrogen (secondary N) is 1. The lowest BCUT2D eigenvalue weighted by Crippen LogP contribution is -2.39. The van der Waals surface area contributed by atoms with Crippen LogP contribution in [0.2, 0.25) is 0 Å². The highest BCUT2D eigenvalue weighted by Gasteiger charge is 2.26. The van der Waals surface area contributed by atoms with Gasteiger partial charge in [0.2, 0.25) is 0 Å². The van der Waals surface area contributed by atoms with Gasteiger partial charge >= 0.3 is 6.09 Å². The summed E-state index contributed by atoms with van der Waals surface area (Å²) in [6, 6.07) is 3.97. The van der Waals surface area contributed by atoms with E-state index in [4.69, 9.17) is 14.2 Å². The van der Waals surface area contributed by atoms with Crippen molar-refractivity contribution in [1.29, 1.82) is 0 Å². The fourth-order valence-electron chi connectivity index (χ4n) is 2.25. The first-order valence-electron chi connectivity index (χ1n) is 7.83. The van der Waals surface area contributed by atoms with E-state index in [-0.39, 0.29) is 12.3 Å². The molecular formula is C19H22FNO4. The molecule has 0 radical (unpaired) electrons. The Balaban J connectivity index is 2.25. The van der Waals surface area contributed by atoms with E-state index in [1.54, 1.807) is 26.8 Å². The van der Waals surface area contributed by atoms with Crippen molar-refractivity contribution < 1.29 is 23.4 Å². The average molecular weight is 347 g/mol. The number of carbonyl (C=O) groups is 1. The first-order chi connectivity index (χ1) is 11.7. The third kappa shape index (κ3) is 4.86. The molecule has 1 atom stereocenters. The Morgan fingerprint density at radius 1 is 1.32 bits per heavy atom. The average Bonchev–Trinajstić information content (AvgIpc) is 2.66. The molecule has 1 aromatic carbocycles. The van der Waals surface area contributed by atoms with Crippen LogP contribution in [0.15, 0.2) is 54.8 Å². The second-order valence-electron chi connectivity index (χ2n) is 6.41. The number of ether oxygens (including phenoxy) is 3. The molecule has 0 bridgehead atoms. The third-order valence-corrected chi connectivity index (χ3v) is 3.26. The summed E-state index contributed by atoms with van der Waals surface area (Å²) >= 11 is 0. The Morgan fingerprint density at radius 2 is 2.04 bits per heavy atom.